The van der Waals surface area contributed by atoms with Crippen molar-refractivity contribution in [3.8, 4) is 10.4 Å². The molecular formula is C36H36FN5O4S. The lowest BCUT2D eigenvalue weighted by molar-refractivity contribution is -0.142. The minimum atomic E-state index is -1.15. The zero-order chi connectivity index (χ0) is 32.7. The summed E-state index contributed by atoms with van der Waals surface area (Å²) in [5.74, 6) is -1.53. The van der Waals surface area contributed by atoms with Crippen LogP contribution < -0.4 is 5.56 Å². The number of likely N-dealkylation sites (tertiary alicyclic amines) is 2. The second-order valence-corrected chi connectivity index (χ2v) is 13.8. The first-order valence-electron chi connectivity index (χ1n) is 15.9. The van der Waals surface area contributed by atoms with Crippen LogP contribution >= 0.6 is 11.3 Å². The molecule has 7 rings (SSSR count). The Bertz CT molecular complexity index is 1980. The Kier molecular flexibility index (Phi) is 8.27. The van der Waals surface area contributed by atoms with Gasteiger partial charge in [0.1, 0.15) is 22.7 Å². The molecule has 3 aromatic heterocycles. The monoisotopic (exact) mass is 653 g/mol. The van der Waals surface area contributed by atoms with E-state index in [2.05, 4.69) is 4.98 Å². The van der Waals surface area contributed by atoms with Gasteiger partial charge in [-0.15, -0.1) is 11.3 Å². The van der Waals surface area contributed by atoms with Gasteiger partial charge in [0, 0.05) is 56.1 Å². The number of rotatable bonds is 6. The number of benzene rings is 2. The van der Waals surface area contributed by atoms with Gasteiger partial charge in [-0.3, -0.25) is 19.0 Å². The third kappa shape index (κ3) is 6.01. The molecule has 0 bridgehead atoms. The first-order chi connectivity index (χ1) is 22.7. The average Bonchev–Trinajstić information content (AvgIpc) is 3.68. The molecule has 0 spiro atoms. The van der Waals surface area contributed by atoms with Crippen LogP contribution in [0.25, 0.3) is 21.5 Å². The Hall–Kier alpha value is -4.61. The van der Waals surface area contributed by atoms with Gasteiger partial charge in [-0.05, 0) is 42.5 Å². The number of carbonyl (C=O) groups excluding carboxylic acids is 2. The van der Waals surface area contributed by atoms with Gasteiger partial charge in [-0.2, -0.15) is 0 Å². The molecule has 0 radical (unpaired) electrons. The smallest absolute Gasteiger partial charge is 0.266 e. The Morgan fingerprint density at radius 1 is 1.00 bits per heavy atom. The molecule has 2 fully saturated rings. The van der Waals surface area contributed by atoms with Crippen molar-refractivity contribution < 1.29 is 19.1 Å². The van der Waals surface area contributed by atoms with Gasteiger partial charge in [-0.25, -0.2) is 9.37 Å². The quantitative estimate of drug-likeness (QED) is 0.281. The fourth-order valence-corrected chi connectivity index (χ4v) is 8.03. The number of fused-ring (bicyclic) bond motifs is 1. The standard InChI is InChI=1S/C36H36FN5O4S/c1-39-16-12-27-32(39)38-23-42(34(27)44)22-36(46)14-18-40(19-15-36)33(43)26-13-17-41(21-28(26)24-8-4-2-5-9-24)35(45)31-29(37)20-30(47-31)25-10-6-3-7-11-25/h2-12,16,20,23,26,28,46H,13-15,17-19,21-22H2,1H3/t26-,28+/m1/s1. The summed E-state index contributed by atoms with van der Waals surface area (Å²) < 4.78 is 18.4. The predicted octanol–water partition coefficient (Wildman–Crippen LogP) is 4.90. The minimum Gasteiger partial charge on any atom is -0.388 e. The SMILES string of the molecule is Cn1ccc2c(=O)n(CC3(O)CCN(C(=O)[C@@H]4CCN(C(=O)c5sc(-c6ccccc6)cc5F)C[C@H]4c4ccccc4)CC3)cnc21. The van der Waals surface area contributed by atoms with Crippen molar-refractivity contribution in [2.45, 2.75) is 37.3 Å². The van der Waals surface area contributed by atoms with E-state index in [0.29, 0.717) is 61.4 Å². The zero-order valence-electron chi connectivity index (χ0n) is 26.1. The Morgan fingerprint density at radius 3 is 2.43 bits per heavy atom. The second kappa shape index (κ2) is 12.5. The Balaban J connectivity index is 1.05. The van der Waals surface area contributed by atoms with Gasteiger partial charge in [0.2, 0.25) is 5.91 Å². The summed E-state index contributed by atoms with van der Waals surface area (Å²) in [5, 5.41) is 12.0. The summed E-state index contributed by atoms with van der Waals surface area (Å²) in [6.07, 6.45) is 4.36. The van der Waals surface area contributed by atoms with E-state index < -0.39 is 11.4 Å². The fraction of sp³-hybridized carbons (Fsp3) is 0.333. The summed E-state index contributed by atoms with van der Waals surface area (Å²) in [4.78, 5) is 49.5. The van der Waals surface area contributed by atoms with E-state index in [1.807, 2.05) is 67.7 Å². The van der Waals surface area contributed by atoms with E-state index in [9.17, 15) is 19.5 Å². The molecule has 9 nitrogen and oxygen atoms in total. The average molecular weight is 654 g/mol. The fourth-order valence-electron chi connectivity index (χ4n) is 7.02. The van der Waals surface area contributed by atoms with E-state index in [4.69, 9.17) is 0 Å². The summed E-state index contributed by atoms with van der Waals surface area (Å²) in [7, 11) is 1.83. The van der Waals surface area contributed by atoms with Crippen LogP contribution in [0, 0.1) is 11.7 Å². The molecule has 2 amide bonds. The third-order valence-electron chi connectivity index (χ3n) is 9.71. The molecule has 5 aromatic rings. The molecule has 2 aliphatic rings. The molecular weight excluding hydrogens is 617 g/mol. The highest BCUT2D eigenvalue weighted by molar-refractivity contribution is 7.17. The highest BCUT2D eigenvalue weighted by atomic mass is 32.1. The van der Waals surface area contributed by atoms with Crippen molar-refractivity contribution >= 4 is 34.2 Å². The van der Waals surface area contributed by atoms with Crippen LogP contribution in [-0.4, -0.2) is 72.6 Å². The van der Waals surface area contributed by atoms with Gasteiger partial charge in [-0.1, -0.05) is 60.7 Å². The first-order valence-corrected chi connectivity index (χ1v) is 16.7. The maximum Gasteiger partial charge on any atom is 0.266 e. The number of aliphatic hydroxyl groups is 1. The van der Waals surface area contributed by atoms with E-state index in [-0.39, 0.29) is 40.6 Å². The molecule has 47 heavy (non-hydrogen) atoms. The van der Waals surface area contributed by atoms with Crippen LogP contribution in [0.5, 0.6) is 0 Å². The number of nitrogens with zero attached hydrogens (tertiary/aromatic N) is 5. The van der Waals surface area contributed by atoms with E-state index >= 15 is 4.39 Å². The van der Waals surface area contributed by atoms with Gasteiger partial charge < -0.3 is 19.5 Å². The topological polar surface area (TPSA) is 101 Å². The van der Waals surface area contributed by atoms with Crippen LogP contribution in [0.4, 0.5) is 4.39 Å². The molecule has 0 saturated carbocycles. The van der Waals surface area contributed by atoms with Crippen LogP contribution in [0.1, 0.15) is 40.4 Å². The van der Waals surface area contributed by atoms with Crippen molar-refractivity contribution in [3.05, 3.63) is 112 Å². The summed E-state index contributed by atoms with van der Waals surface area (Å²) in [6.45, 7) is 1.45. The molecule has 11 heteroatoms. The summed E-state index contributed by atoms with van der Waals surface area (Å²) in [5.41, 5.74) is 1.06. The molecule has 2 atom stereocenters. The molecule has 0 aliphatic carbocycles. The van der Waals surface area contributed by atoms with Crippen molar-refractivity contribution in [2.75, 3.05) is 26.2 Å². The van der Waals surface area contributed by atoms with E-state index in [1.165, 1.54) is 17.0 Å². The maximum atomic E-state index is 15.1. The van der Waals surface area contributed by atoms with Gasteiger partial charge in [0.15, 0.2) is 0 Å². The maximum absolute atomic E-state index is 15.1. The lowest BCUT2D eigenvalue weighted by Crippen LogP contribution is -2.53. The largest absolute Gasteiger partial charge is 0.388 e. The predicted molar refractivity (Wildman–Crippen MR) is 179 cm³/mol. The molecule has 5 heterocycles. The number of piperidine rings is 2. The van der Waals surface area contributed by atoms with Crippen molar-refractivity contribution in [1.29, 1.82) is 0 Å². The number of aromatic nitrogens is 3. The number of hydrogen-bond acceptors (Lipinski definition) is 6. The molecule has 2 saturated heterocycles. The zero-order valence-corrected chi connectivity index (χ0v) is 26.9. The number of carbonyl (C=O) groups is 2. The number of amides is 2. The first kappa shape index (κ1) is 31.0. The van der Waals surface area contributed by atoms with Crippen LogP contribution in [0.2, 0.25) is 0 Å². The number of hydrogen-bond donors (Lipinski definition) is 1. The van der Waals surface area contributed by atoms with Crippen molar-refractivity contribution in [3.63, 3.8) is 0 Å². The molecule has 242 valence electrons. The third-order valence-corrected chi connectivity index (χ3v) is 10.9. The Labute approximate surface area is 275 Å². The normalized spacial score (nSPS) is 19.6. The van der Waals surface area contributed by atoms with Crippen molar-refractivity contribution in [1.82, 2.24) is 23.9 Å². The van der Waals surface area contributed by atoms with Gasteiger partial charge >= 0.3 is 0 Å². The lowest BCUT2D eigenvalue weighted by Gasteiger charge is -2.43. The van der Waals surface area contributed by atoms with Crippen molar-refractivity contribution in [2.24, 2.45) is 13.0 Å². The van der Waals surface area contributed by atoms with Crippen LogP contribution in [0.15, 0.2) is 90.1 Å². The molecule has 0 unspecified atom stereocenters. The highest BCUT2D eigenvalue weighted by Gasteiger charge is 2.42. The van der Waals surface area contributed by atoms with Gasteiger partial charge in [0.25, 0.3) is 11.5 Å². The number of aryl methyl sites for hydroxylation is 1. The molecule has 2 aliphatic heterocycles. The Morgan fingerprint density at radius 2 is 1.70 bits per heavy atom. The number of thiophene rings is 1. The van der Waals surface area contributed by atoms with Gasteiger partial charge in [0.05, 0.1) is 17.5 Å². The van der Waals surface area contributed by atoms with Crippen LogP contribution in [-0.2, 0) is 18.4 Å². The number of halogens is 1. The summed E-state index contributed by atoms with van der Waals surface area (Å²) >= 11 is 1.15. The molecule has 2 aromatic carbocycles. The molecule has 1 N–H and O–H groups in total. The highest BCUT2D eigenvalue weighted by Crippen LogP contribution is 2.38. The minimum absolute atomic E-state index is 0.00814. The van der Waals surface area contributed by atoms with E-state index in [1.54, 1.807) is 26.6 Å². The second-order valence-electron chi connectivity index (χ2n) is 12.7. The lowest BCUT2D eigenvalue weighted by atomic mass is 9.79. The van der Waals surface area contributed by atoms with E-state index in [0.717, 1.165) is 22.5 Å². The van der Waals surface area contributed by atoms with Crippen LogP contribution in [0.3, 0.4) is 0 Å². The summed E-state index contributed by atoms with van der Waals surface area (Å²) in [6, 6.07) is 22.3.